The van der Waals surface area contributed by atoms with E-state index in [1.54, 1.807) is 39.0 Å². The van der Waals surface area contributed by atoms with Crippen LogP contribution in [-0.2, 0) is 27.6 Å². The van der Waals surface area contributed by atoms with Crippen molar-refractivity contribution >= 4 is 16.1 Å². The molecule has 0 bridgehead atoms. The number of amides is 1. The minimum absolute atomic E-state index is 0.0403. The average molecular weight is 477 g/mol. The molecule has 0 saturated heterocycles. The van der Waals surface area contributed by atoms with Crippen LogP contribution in [0.15, 0.2) is 57.9 Å². The summed E-state index contributed by atoms with van der Waals surface area (Å²) in [6.45, 7) is 5.22. The Morgan fingerprint density at radius 2 is 1.82 bits per heavy atom. The lowest BCUT2D eigenvalue weighted by Crippen LogP contribution is -2.41. The maximum absolute atomic E-state index is 14.2. The highest BCUT2D eigenvalue weighted by Gasteiger charge is 2.23. The van der Waals surface area contributed by atoms with Gasteiger partial charge in [-0.05, 0) is 63.1 Å². The molecule has 3 N–H and O–H groups in total. The van der Waals surface area contributed by atoms with Crippen molar-refractivity contribution in [2.24, 2.45) is 5.14 Å². The molecule has 1 aromatic heterocycles. The second-order valence-electron chi connectivity index (χ2n) is 8.42. The molecule has 0 fully saturated rings. The number of sulfonamides is 1. The molecule has 0 radical (unpaired) electrons. The predicted octanol–water partition coefficient (Wildman–Crippen LogP) is 3.20. The van der Waals surface area contributed by atoms with E-state index in [4.69, 9.17) is 14.4 Å². The van der Waals surface area contributed by atoms with Crippen molar-refractivity contribution in [3.8, 4) is 11.4 Å². The van der Waals surface area contributed by atoms with Crippen molar-refractivity contribution in [3.05, 3.63) is 65.8 Å². The van der Waals surface area contributed by atoms with Crippen LogP contribution in [0, 0.1) is 5.82 Å². The molecule has 11 heteroatoms. The summed E-state index contributed by atoms with van der Waals surface area (Å²) in [4.78, 5) is 16.6. The van der Waals surface area contributed by atoms with Gasteiger partial charge in [-0.2, -0.15) is 4.98 Å². The van der Waals surface area contributed by atoms with Gasteiger partial charge < -0.3 is 14.6 Å². The van der Waals surface area contributed by atoms with Gasteiger partial charge in [0.15, 0.2) is 0 Å². The number of carbonyl (C=O) groups is 1. The van der Waals surface area contributed by atoms with E-state index in [1.165, 1.54) is 30.3 Å². The molecular formula is C22H25FN4O5S. The quantitative estimate of drug-likeness (QED) is 0.534. The highest BCUT2D eigenvalue weighted by Crippen LogP contribution is 2.20. The molecule has 1 atom stereocenters. The van der Waals surface area contributed by atoms with Gasteiger partial charge in [0.25, 0.3) is 0 Å². The molecule has 1 amide bonds. The lowest BCUT2D eigenvalue weighted by molar-refractivity contribution is 0.0502. The molecule has 0 unspecified atom stereocenters. The third-order valence-electron chi connectivity index (χ3n) is 4.48. The zero-order chi connectivity index (χ0) is 24.2. The number of benzene rings is 2. The Bertz CT molecular complexity index is 1220. The Hall–Kier alpha value is -3.31. The van der Waals surface area contributed by atoms with Crippen molar-refractivity contribution in [2.45, 2.75) is 50.2 Å². The van der Waals surface area contributed by atoms with Gasteiger partial charge in [0.2, 0.25) is 21.7 Å². The van der Waals surface area contributed by atoms with E-state index < -0.39 is 33.6 Å². The SMILES string of the molecule is CC(C)(C)OC(=O)N[C@@H](Cc1nc(-c2ccc(S(N)(=O)=O)cc2)no1)Cc1ccccc1F. The van der Waals surface area contributed by atoms with Gasteiger partial charge in [-0.1, -0.05) is 23.4 Å². The van der Waals surface area contributed by atoms with Gasteiger partial charge in [0.1, 0.15) is 11.4 Å². The zero-order valence-electron chi connectivity index (χ0n) is 18.4. The lowest BCUT2D eigenvalue weighted by Gasteiger charge is -2.23. The molecule has 3 aromatic rings. The number of carbonyl (C=O) groups excluding carboxylic acids is 1. The Balaban J connectivity index is 1.78. The second-order valence-corrected chi connectivity index (χ2v) is 9.99. The fourth-order valence-corrected chi connectivity index (χ4v) is 3.55. The van der Waals surface area contributed by atoms with Crippen LogP contribution in [0.3, 0.4) is 0 Å². The molecule has 0 saturated carbocycles. The van der Waals surface area contributed by atoms with E-state index in [9.17, 15) is 17.6 Å². The number of ether oxygens (including phenoxy) is 1. The fraction of sp³-hybridized carbons (Fsp3) is 0.318. The minimum atomic E-state index is -3.82. The maximum atomic E-state index is 14.2. The summed E-state index contributed by atoms with van der Waals surface area (Å²) in [6.07, 6.45) is -0.357. The Kier molecular flexibility index (Phi) is 7.13. The lowest BCUT2D eigenvalue weighted by atomic mass is 10.0. The Labute approximate surface area is 191 Å². The van der Waals surface area contributed by atoms with E-state index >= 15 is 0 Å². The standard InChI is InChI=1S/C22H25FN4O5S/c1-22(2,3)31-21(28)25-16(12-15-6-4-5-7-18(15)23)13-19-26-20(27-32-19)14-8-10-17(11-9-14)33(24,29)30/h4-11,16H,12-13H2,1-3H3,(H,25,28)(H2,24,29,30)/t16-/m1/s1. The van der Waals surface area contributed by atoms with Gasteiger partial charge >= 0.3 is 6.09 Å². The first-order chi connectivity index (χ1) is 15.4. The van der Waals surface area contributed by atoms with Crippen molar-refractivity contribution < 1.29 is 26.9 Å². The number of primary sulfonamides is 1. The number of rotatable bonds is 7. The molecule has 0 spiro atoms. The van der Waals surface area contributed by atoms with Crippen LogP contribution in [0.25, 0.3) is 11.4 Å². The predicted molar refractivity (Wildman–Crippen MR) is 118 cm³/mol. The van der Waals surface area contributed by atoms with Crippen molar-refractivity contribution in [1.82, 2.24) is 15.5 Å². The summed E-state index contributed by atoms with van der Waals surface area (Å²) in [5.41, 5.74) is 0.230. The highest BCUT2D eigenvalue weighted by molar-refractivity contribution is 7.89. The summed E-state index contributed by atoms with van der Waals surface area (Å²) in [6, 6.07) is 11.4. The smallest absolute Gasteiger partial charge is 0.407 e. The molecule has 176 valence electrons. The van der Waals surface area contributed by atoms with Crippen LogP contribution >= 0.6 is 0 Å². The summed E-state index contributed by atoms with van der Waals surface area (Å²) in [7, 11) is -3.82. The normalized spacial score (nSPS) is 12.9. The number of halogens is 1. The third kappa shape index (κ3) is 7.09. The number of hydrogen-bond donors (Lipinski definition) is 2. The maximum Gasteiger partial charge on any atom is 0.407 e. The number of aromatic nitrogens is 2. The van der Waals surface area contributed by atoms with Gasteiger partial charge in [0, 0.05) is 18.0 Å². The van der Waals surface area contributed by atoms with Crippen LogP contribution < -0.4 is 10.5 Å². The molecule has 1 heterocycles. The van der Waals surface area contributed by atoms with E-state index in [0.717, 1.165) is 0 Å². The fourth-order valence-electron chi connectivity index (χ4n) is 3.04. The second kappa shape index (κ2) is 9.67. The van der Waals surface area contributed by atoms with E-state index in [0.29, 0.717) is 11.1 Å². The molecule has 0 aliphatic carbocycles. The molecule has 0 aliphatic heterocycles. The zero-order valence-corrected chi connectivity index (χ0v) is 19.2. The Morgan fingerprint density at radius 1 is 1.15 bits per heavy atom. The van der Waals surface area contributed by atoms with E-state index in [-0.39, 0.29) is 29.5 Å². The molecule has 3 rings (SSSR count). The topological polar surface area (TPSA) is 137 Å². The minimum Gasteiger partial charge on any atom is -0.444 e. The largest absolute Gasteiger partial charge is 0.444 e. The monoisotopic (exact) mass is 476 g/mol. The third-order valence-corrected chi connectivity index (χ3v) is 5.40. The summed E-state index contributed by atoms with van der Waals surface area (Å²) < 4.78 is 47.6. The molecular weight excluding hydrogens is 451 g/mol. The number of hydrogen-bond acceptors (Lipinski definition) is 7. The number of nitrogens with zero attached hydrogens (tertiary/aromatic N) is 2. The average Bonchev–Trinajstić information content (AvgIpc) is 3.16. The highest BCUT2D eigenvalue weighted by atomic mass is 32.2. The van der Waals surface area contributed by atoms with Crippen molar-refractivity contribution in [1.29, 1.82) is 0 Å². The molecule has 9 nitrogen and oxygen atoms in total. The molecule has 2 aromatic carbocycles. The first-order valence-corrected chi connectivity index (χ1v) is 11.6. The summed E-state index contributed by atoms with van der Waals surface area (Å²) >= 11 is 0. The molecule has 33 heavy (non-hydrogen) atoms. The van der Waals surface area contributed by atoms with Crippen molar-refractivity contribution in [2.75, 3.05) is 0 Å². The van der Waals surface area contributed by atoms with Gasteiger partial charge in [0.05, 0.1) is 4.90 Å². The Morgan fingerprint density at radius 3 is 2.42 bits per heavy atom. The van der Waals surface area contributed by atoms with Crippen molar-refractivity contribution in [3.63, 3.8) is 0 Å². The summed E-state index contributed by atoms with van der Waals surface area (Å²) in [5, 5.41) is 11.8. The number of nitrogens with two attached hydrogens (primary N) is 1. The van der Waals surface area contributed by atoms with Crippen LogP contribution in [0.5, 0.6) is 0 Å². The van der Waals surface area contributed by atoms with Gasteiger partial charge in [-0.3, -0.25) is 0 Å². The van der Waals surface area contributed by atoms with E-state index in [1.807, 2.05) is 0 Å². The van der Waals surface area contributed by atoms with E-state index in [2.05, 4.69) is 15.5 Å². The molecule has 0 aliphatic rings. The van der Waals surface area contributed by atoms with Gasteiger partial charge in [-0.25, -0.2) is 22.7 Å². The number of nitrogens with one attached hydrogen (secondary N) is 1. The first-order valence-electron chi connectivity index (χ1n) is 10.1. The van der Waals surface area contributed by atoms with Gasteiger partial charge in [-0.15, -0.1) is 0 Å². The summed E-state index contributed by atoms with van der Waals surface area (Å²) in [5.74, 6) is 0.0421. The van der Waals surface area contributed by atoms with Crippen LogP contribution in [0.2, 0.25) is 0 Å². The first kappa shape index (κ1) is 24.3. The van der Waals surface area contributed by atoms with Crippen LogP contribution in [-0.4, -0.2) is 36.3 Å². The van der Waals surface area contributed by atoms with Crippen LogP contribution in [0.4, 0.5) is 9.18 Å². The number of alkyl carbamates (subject to hydrolysis) is 1. The van der Waals surface area contributed by atoms with Crippen LogP contribution in [0.1, 0.15) is 32.2 Å².